The number of nitriles is 1. The van der Waals surface area contributed by atoms with Crippen molar-refractivity contribution in [1.82, 2.24) is 4.57 Å². The molecule has 1 aromatic carbocycles. The number of alkyl halides is 3. The molecule has 0 aliphatic heterocycles. The molecular weight excluding hydrogens is 473 g/mol. The largest absolute Gasteiger partial charge is 0.394 e. The van der Waals surface area contributed by atoms with Crippen LogP contribution in [0.25, 0.3) is 0 Å². The molecular formula is C21H15ClF5N3O3. The van der Waals surface area contributed by atoms with E-state index in [9.17, 15) is 31.9 Å². The Morgan fingerprint density at radius 1 is 1.24 bits per heavy atom. The Kier molecular flexibility index (Phi) is 6.35. The summed E-state index contributed by atoms with van der Waals surface area (Å²) in [6, 6.07) is 4.54. The quantitative estimate of drug-likeness (QED) is 0.354. The molecule has 174 valence electrons. The number of anilines is 1. The summed E-state index contributed by atoms with van der Waals surface area (Å²) in [4.78, 5) is 37.4. The molecule has 1 aliphatic carbocycles. The summed E-state index contributed by atoms with van der Waals surface area (Å²) in [6.07, 6.45) is -6.26. The fourth-order valence-electron chi connectivity index (χ4n) is 3.64. The maximum absolute atomic E-state index is 15.0. The lowest BCUT2D eigenvalue weighted by atomic mass is 9.65. The Hall–Kier alpha value is -3.26. The van der Waals surface area contributed by atoms with E-state index in [1.807, 2.05) is 0 Å². The molecule has 6 nitrogen and oxygen atoms in total. The van der Waals surface area contributed by atoms with Gasteiger partial charge in [-0.15, -0.1) is 0 Å². The Morgan fingerprint density at radius 2 is 1.88 bits per heavy atom. The van der Waals surface area contributed by atoms with Crippen LogP contribution in [-0.2, 0) is 11.8 Å². The SMILES string of the molecule is Cn1c(Cl)c(C(=O)C(=O)CC2(C(F)(F)F)CCC2)c(F)c1C(=O)Nc1ccc(F)c(C#N)c1. The zero-order valence-electron chi connectivity index (χ0n) is 16.9. The Balaban J connectivity index is 1.89. The molecule has 0 saturated heterocycles. The minimum atomic E-state index is -4.71. The van der Waals surface area contributed by atoms with Gasteiger partial charge in [-0.25, -0.2) is 8.78 Å². The third-order valence-corrected chi connectivity index (χ3v) is 6.16. The van der Waals surface area contributed by atoms with Crippen LogP contribution in [0.4, 0.5) is 27.6 Å². The summed E-state index contributed by atoms with van der Waals surface area (Å²) in [5, 5.41) is 10.4. The fraction of sp³-hybridized carbons (Fsp3) is 0.333. The maximum Gasteiger partial charge on any atom is 0.394 e. The van der Waals surface area contributed by atoms with Crippen molar-refractivity contribution >= 4 is 34.8 Å². The van der Waals surface area contributed by atoms with Crippen molar-refractivity contribution in [2.45, 2.75) is 31.9 Å². The van der Waals surface area contributed by atoms with E-state index in [0.717, 1.165) is 29.8 Å². The third kappa shape index (κ3) is 4.23. The highest BCUT2D eigenvalue weighted by atomic mass is 35.5. The Labute approximate surface area is 188 Å². The van der Waals surface area contributed by atoms with Crippen LogP contribution in [0.3, 0.4) is 0 Å². The molecule has 0 atom stereocenters. The van der Waals surface area contributed by atoms with Gasteiger partial charge in [-0.1, -0.05) is 18.0 Å². The molecule has 0 bridgehead atoms. The van der Waals surface area contributed by atoms with Gasteiger partial charge in [-0.05, 0) is 31.0 Å². The normalized spacial score (nSPS) is 14.8. The monoisotopic (exact) mass is 487 g/mol. The molecule has 1 heterocycles. The number of carbonyl (C=O) groups is 3. The number of ketones is 2. The van der Waals surface area contributed by atoms with Crippen LogP contribution in [0.15, 0.2) is 18.2 Å². The van der Waals surface area contributed by atoms with E-state index in [2.05, 4.69) is 5.32 Å². The number of hydrogen-bond donors (Lipinski definition) is 1. The van der Waals surface area contributed by atoms with E-state index in [-0.39, 0.29) is 24.9 Å². The second-order valence-electron chi connectivity index (χ2n) is 7.71. The molecule has 1 amide bonds. The van der Waals surface area contributed by atoms with Crippen molar-refractivity contribution in [3.8, 4) is 6.07 Å². The van der Waals surface area contributed by atoms with Crippen molar-refractivity contribution in [2.75, 3.05) is 5.32 Å². The molecule has 33 heavy (non-hydrogen) atoms. The molecule has 1 aliphatic rings. The number of amides is 1. The number of rotatable bonds is 6. The highest BCUT2D eigenvalue weighted by Gasteiger charge is 2.59. The van der Waals surface area contributed by atoms with Gasteiger partial charge < -0.3 is 9.88 Å². The Morgan fingerprint density at radius 3 is 2.39 bits per heavy atom. The summed E-state index contributed by atoms with van der Waals surface area (Å²) in [5.74, 6) is -6.53. The van der Waals surface area contributed by atoms with Gasteiger partial charge in [-0.3, -0.25) is 14.4 Å². The molecule has 1 aromatic heterocycles. The van der Waals surface area contributed by atoms with Gasteiger partial charge in [0.05, 0.1) is 16.5 Å². The van der Waals surface area contributed by atoms with E-state index in [4.69, 9.17) is 16.9 Å². The third-order valence-electron chi connectivity index (χ3n) is 5.71. The number of benzene rings is 1. The average Bonchev–Trinajstić information content (AvgIpc) is 2.92. The van der Waals surface area contributed by atoms with Crippen LogP contribution >= 0.6 is 11.6 Å². The highest BCUT2D eigenvalue weighted by molar-refractivity contribution is 6.47. The first-order valence-electron chi connectivity index (χ1n) is 9.52. The summed E-state index contributed by atoms with van der Waals surface area (Å²) in [5.41, 5.74) is -4.60. The zero-order valence-corrected chi connectivity index (χ0v) is 17.7. The molecule has 1 saturated carbocycles. The number of nitrogens with zero attached hydrogens (tertiary/aromatic N) is 2. The molecule has 0 unspecified atom stereocenters. The standard InChI is InChI=1S/C21H15ClF5N3O3/c1-30-16(19(33)29-11-3-4-12(23)10(7-11)9-28)15(24)14(18(30)22)17(32)13(31)8-20(5-2-6-20)21(25,26)27/h3-4,7H,2,5-6,8H2,1H3,(H,29,33). The second kappa shape index (κ2) is 8.59. The smallest absolute Gasteiger partial charge is 0.328 e. The first-order valence-corrected chi connectivity index (χ1v) is 9.89. The lowest BCUT2D eigenvalue weighted by molar-refractivity contribution is -0.251. The van der Waals surface area contributed by atoms with Gasteiger partial charge in [-0.2, -0.15) is 18.4 Å². The number of halogens is 6. The summed E-state index contributed by atoms with van der Waals surface area (Å²) >= 11 is 5.94. The number of carbonyl (C=O) groups excluding carboxylic acids is 3. The number of hydrogen-bond acceptors (Lipinski definition) is 4. The molecule has 1 N–H and O–H groups in total. The van der Waals surface area contributed by atoms with Crippen molar-refractivity contribution in [3.05, 3.63) is 51.8 Å². The summed E-state index contributed by atoms with van der Waals surface area (Å²) in [6.45, 7) is 0. The predicted molar refractivity (Wildman–Crippen MR) is 106 cm³/mol. The van der Waals surface area contributed by atoms with Crippen LogP contribution < -0.4 is 5.32 Å². The lowest BCUT2D eigenvalue weighted by Crippen LogP contribution is -2.46. The van der Waals surface area contributed by atoms with E-state index in [0.29, 0.717) is 0 Å². The van der Waals surface area contributed by atoms with Crippen molar-refractivity contribution < 1.29 is 36.3 Å². The zero-order chi connectivity index (χ0) is 24.7. The predicted octanol–water partition coefficient (Wildman–Crippen LogP) is 4.96. The minimum Gasteiger partial charge on any atom is -0.328 e. The lowest BCUT2D eigenvalue weighted by Gasteiger charge is -2.42. The van der Waals surface area contributed by atoms with Crippen LogP contribution in [0.1, 0.15) is 52.1 Å². The minimum absolute atomic E-state index is 0.0734. The average molecular weight is 488 g/mol. The van der Waals surface area contributed by atoms with Gasteiger partial charge in [0.2, 0.25) is 11.6 Å². The van der Waals surface area contributed by atoms with Crippen LogP contribution in [-0.4, -0.2) is 28.2 Å². The van der Waals surface area contributed by atoms with Gasteiger partial charge in [0.15, 0.2) is 5.82 Å². The summed E-state index contributed by atoms with van der Waals surface area (Å²) < 4.78 is 69.2. The van der Waals surface area contributed by atoms with Gasteiger partial charge >= 0.3 is 6.18 Å². The van der Waals surface area contributed by atoms with E-state index < -0.39 is 69.1 Å². The maximum atomic E-state index is 15.0. The van der Waals surface area contributed by atoms with E-state index in [1.165, 1.54) is 0 Å². The molecule has 1 fully saturated rings. The van der Waals surface area contributed by atoms with Gasteiger partial charge in [0, 0.05) is 19.2 Å². The number of nitrogens with one attached hydrogen (secondary N) is 1. The molecule has 12 heteroatoms. The van der Waals surface area contributed by atoms with Gasteiger partial charge in [0.1, 0.15) is 22.7 Å². The molecule has 3 rings (SSSR count). The molecule has 2 aromatic rings. The number of Topliss-reactive ketones (excluding diaryl/α,β-unsaturated/α-hetero) is 2. The first-order chi connectivity index (χ1) is 15.3. The van der Waals surface area contributed by atoms with Crippen LogP contribution in [0, 0.1) is 28.4 Å². The molecule has 0 radical (unpaired) electrons. The number of aromatic nitrogens is 1. The van der Waals surface area contributed by atoms with Crippen molar-refractivity contribution in [2.24, 2.45) is 12.5 Å². The first kappa shape index (κ1) is 24.4. The van der Waals surface area contributed by atoms with E-state index in [1.54, 1.807) is 6.07 Å². The van der Waals surface area contributed by atoms with E-state index >= 15 is 4.39 Å². The summed E-state index contributed by atoms with van der Waals surface area (Å²) in [7, 11) is 1.11. The van der Waals surface area contributed by atoms with Crippen LogP contribution in [0.2, 0.25) is 5.15 Å². The fourth-order valence-corrected chi connectivity index (χ4v) is 3.89. The topological polar surface area (TPSA) is 92.0 Å². The van der Waals surface area contributed by atoms with Gasteiger partial charge in [0.25, 0.3) is 5.91 Å². The Bertz CT molecular complexity index is 1210. The van der Waals surface area contributed by atoms with Crippen molar-refractivity contribution in [3.63, 3.8) is 0 Å². The molecule has 0 spiro atoms. The van der Waals surface area contributed by atoms with Crippen LogP contribution in [0.5, 0.6) is 0 Å². The second-order valence-corrected chi connectivity index (χ2v) is 8.07. The highest BCUT2D eigenvalue weighted by Crippen LogP contribution is 2.55. The van der Waals surface area contributed by atoms with Crippen molar-refractivity contribution in [1.29, 1.82) is 5.26 Å².